The Bertz CT molecular complexity index is 899. The van der Waals surface area contributed by atoms with Crippen molar-refractivity contribution in [2.24, 2.45) is 5.92 Å². The number of methoxy groups -OCH3 is 1. The first-order valence-electron chi connectivity index (χ1n) is 11.5. The van der Waals surface area contributed by atoms with Crippen molar-refractivity contribution in [1.82, 2.24) is 4.90 Å². The van der Waals surface area contributed by atoms with Gasteiger partial charge in [-0.2, -0.15) is 13.2 Å². The van der Waals surface area contributed by atoms with Crippen LogP contribution in [-0.2, 0) is 15.7 Å². The van der Waals surface area contributed by atoms with Gasteiger partial charge in [-0.25, -0.2) is 0 Å². The molecule has 180 valence electrons. The Kier molecular flexibility index (Phi) is 8.82. The number of piperidine rings is 1. The van der Waals surface area contributed by atoms with Crippen LogP contribution in [-0.4, -0.2) is 24.5 Å². The predicted molar refractivity (Wildman–Crippen MR) is 124 cm³/mol. The fraction of sp³-hybridized carbons (Fsp3) is 0.500. The number of alkyl halides is 3. The molecule has 0 saturated carbocycles. The van der Waals surface area contributed by atoms with Gasteiger partial charge in [0.1, 0.15) is 0 Å². The molecule has 1 aliphatic rings. The van der Waals surface area contributed by atoms with Gasteiger partial charge in [-0.3, -0.25) is 9.69 Å². The SMILES string of the molecule is CCCCC(c1ccc(Cl)cc1)N1CC[C@@H](CC(=O)OC)C[C@H]1c1ccc(C(F)(F)F)cc1. The van der Waals surface area contributed by atoms with Crippen LogP contribution >= 0.6 is 11.6 Å². The molecule has 1 heterocycles. The van der Waals surface area contributed by atoms with Crippen LogP contribution in [0.1, 0.15) is 74.2 Å². The molecule has 0 spiro atoms. The van der Waals surface area contributed by atoms with Gasteiger partial charge < -0.3 is 4.74 Å². The van der Waals surface area contributed by atoms with E-state index in [0.717, 1.165) is 55.5 Å². The number of hydrogen-bond acceptors (Lipinski definition) is 3. The van der Waals surface area contributed by atoms with Gasteiger partial charge in [0.2, 0.25) is 0 Å². The summed E-state index contributed by atoms with van der Waals surface area (Å²) in [5.41, 5.74) is 1.34. The van der Waals surface area contributed by atoms with E-state index >= 15 is 0 Å². The molecule has 0 N–H and O–H groups in total. The molecule has 1 unspecified atom stereocenters. The van der Waals surface area contributed by atoms with Gasteiger partial charge in [0.15, 0.2) is 0 Å². The summed E-state index contributed by atoms with van der Waals surface area (Å²) in [5.74, 6) is -0.127. The van der Waals surface area contributed by atoms with Crippen LogP contribution in [0.25, 0.3) is 0 Å². The van der Waals surface area contributed by atoms with Crippen LogP contribution in [0.15, 0.2) is 48.5 Å². The van der Waals surface area contributed by atoms with Gasteiger partial charge >= 0.3 is 12.1 Å². The largest absolute Gasteiger partial charge is 0.469 e. The minimum Gasteiger partial charge on any atom is -0.469 e. The van der Waals surface area contributed by atoms with Crippen molar-refractivity contribution in [3.63, 3.8) is 0 Å². The average Bonchev–Trinajstić information content (AvgIpc) is 2.80. The van der Waals surface area contributed by atoms with Crippen molar-refractivity contribution in [1.29, 1.82) is 0 Å². The van der Waals surface area contributed by atoms with E-state index in [1.807, 2.05) is 24.3 Å². The summed E-state index contributed by atoms with van der Waals surface area (Å²) in [7, 11) is 1.38. The average molecular weight is 482 g/mol. The first-order valence-corrected chi connectivity index (χ1v) is 11.9. The van der Waals surface area contributed by atoms with E-state index in [0.29, 0.717) is 17.9 Å². The summed E-state index contributed by atoms with van der Waals surface area (Å²) < 4.78 is 44.3. The van der Waals surface area contributed by atoms with Crippen molar-refractivity contribution in [2.75, 3.05) is 13.7 Å². The number of unbranched alkanes of at least 4 members (excludes halogenated alkanes) is 1. The monoisotopic (exact) mass is 481 g/mol. The molecule has 2 aromatic rings. The lowest BCUT2D eigenvalue weighted by Crippen LogP contribution is -2.40. The van der Waals surface area contributed by atoms with E-state index in [1.54, 1.807) is 12.1 Å². The lowest BCUT2D eigenvalue weighted by atomic mass is 9.82. The molecular weight excluding hydrogens is 451 g/mol. The maximum atomic E-state index is 13.1. The van der Waals surface area contributed by atoms with Gasteiger partial charge in [-0.05, 0) is 67.1 Å². The number of esters is 1. The second kappa shape index (κ2) is 11.4. The number of likely N-dealkylation sites (tertiary alicyclic amines) is 1. The fourth-order valence-electron chi connectivity index (χ4n) is 4.76. The highest BCUT2D eigenvalue weighted by Crippen LogP contribution is 2.43. The molecule has 1 aliphatic heterocycles. The van der Waals surface area contributed by atoms with Gasteiger partial charge in [0.25, 0.3) is 0 Å². The van der Waals surface area contributed by atoms with Crippen molar-refractivity contribution in [3.05, 3.63) is 70.2 Å². The Balaban J connectivity index is 1.95. The molecule has 7 heteroatoms. The van der Waals surface area contributed by atoms with Gasteiger partial charge in [-0.1, -0.05) is 55.6 Å². The van der Waals surface area contributed by atoms with Gasteiger partial charge in [0.05, 0.1) is 12.7 Å². The molecule has 1 saturated heterocycles. The Morgan fingerprint density at radius 1 is 1.15 bits per heavy atom. The lowest BCUT2D eigenvalue weighted by Gasteiger charge is -2.44. The van der Waals surface area contributed by atoms with Crippen molar-refractivity contribution < 1.29 is 22.7 Å². The van der Waals surface area contributed by atoms with Crippen LogP contribution in [0, 0.1) is 5.92 Å². The summed E-state index contributed by atoms with van der Waals surface area (Å²) in [5, 5.41) is 0.670. The van der Waals surface area contributed by atoms with E-state index < -0.39 is 11.7 Å². The quantitative estimate of drug-likeness (QED) is 0.363. The molecule has 0 bridgehead atoms. The summed E-state index contributed by atoms with van der Waals surface area (Å²) in [6.45, 7) is 2.90. The Hall–Kier alpha value is -2.05. The summed E-state index contributed by atoms with van der Waals surface area (Å²) in [6.07, 6.45) is 0.506. The fourth-order valence-corrected chi connectivity index (χ4v) is 4.89. The van der Waals surface area contributed by atoms with E-state index in [4.69, 9.17) is 16.3 Å². The zero-order valence-electron chi connectivity index (χ0n) is 19.1. The summed E-state index contributed by atoms with van der Waals surface area (Å²) >= 11 is 6.11. The molecule has 0 aromatic heterocycles. The lowest BCUT2D eigenvalue weighted by molar-refractivity contribution is -0.142. The zero-order valence-corrected chi connectivity index (χ0v) is 19.8. The molecule has 2 aromatic carbocycles. The predicted octanol–water partition coefficient (Wildman–Crippen LogP) is 7.61. The van der Waals surface area contributed by atoms with Crippen LogP contribution < -0.4 is 0 Å². The maximum absolute atomic E-state index is 13.1. The molecule has 3 atom stereocenters. The first kappa shape index (κ1) is 25.6. The number of rotatable bonds is 8. The van der Waals surface area contributed by atoms with E-state index in [9.17, 15) is 18.0 Å². The third kappa shape index (κ3) is 6.73. The first-order chi connectivity index (χ1) is 15.7. The molecule has 0 radical (unpaired) electrons. The van der Waals surface area contributed by atoms with Gasteiger partial charge in [0, 0.05) is 23.5 Å². The number of carbonyl (C=O) groups excluding carboxylic acids is 1. The zero-order chi connectivity index (χ0) is 24.0. The number of ether oxygens (including phenoxy) is 1. The molecule has 3 nitrogen and oxygen atoms in total. The van der Waals surface area contributed by atoms with Crippen LogP contribution in [0.3, 0.4) is 0 Å². The highest BCUT2D eigenvalue weighted by Gasteiger charge is 2.36. The van der Waals surface area contributed by atoms with Crippen LogP contribution in [0.4, 0.5) is 13.2 Å². The van der Waals surface area contributed by atoms with Crippen molar-refractivity contribution in [3.8, 4) is 0 Å². The van der Waals surface area contributed by atoms with Gasteiger partial charge in [-0.15, -0.1) is 0 Å². The number of hydrogen-bond donors (Lipinski definition) is 0. The van der Waals surface area contributed by atoms with E-state index in [-0.39, 0.29) is 24.0 Å². The Morgan fingerprint density at radius 3 is 2.39 bits per heavy atom. The number of carbonyl (C=O) groups is 1. The number of benzene rings is 2. The van der Waals surface area contributed by atoms with E-state index in [2.05, 4.69) is 11.8 Å². The molecule has 1 fully saturated rings. The normalized spacial score (nSPS) is 20.4. The second-order valence-corrected chi connectivity index (χ2v) is 9.19. The molecule has 33 heavy (non-hydrogen) atoms. The van der Waals surface area contributed by atoms with Crippen LogP contribution in [0.5, 0.6) is 0 Å². The molecular formula is C26H31ClF3NO2. The van der Waals surface area contributed by atoms with Crippen molar-refractivity contribution in [2.45, 2.75) is 63.7 Å². The molecule has 0 aliphatic carbocycles. The second-order valence-electron chi connectivity index (χ2n) is 8.75. The molecule has 0 amide bonds. The third-order valence-corrected chi connectivity index (χ3v) is 6.80. The standard InChI is InChI=1S/C26H31ClF3NO2/c1-3-4-5-23(19-8-12-22(27)13-9-19)31-15-14-18(17-25(32)33-2)16-24(31)20-6-10-21(11-7-20)26(28,29)30/h6-13,18,23-24H,3-5,14-17H2,1-2H3/t18-,23?,24+/m1/s1. The maximum Gasteiger partial charge on any atom is 0.416 e. The van der Waals surface area contributed by atoms with Crippen LogP contribution in [0.2, 0.25) is 5.02 Å². The minimum atomic E-state index is -4.37. The minimum absolute atomic E-state index is 0.0896. The van der Waals surface area contributed by atoms with Crippen molar-refractivity contribution >= 4 is 17.6 Å². The number of halogens is 4. The highest BCUT2D eigenvalue weighted by atomic mass is 35.5. The summed E-state index contributed by atoms with van der Waals surface area (Å²) in [6, 6.07) is 13.3. The Morgan fingerprint density at radius 2 is 1.82 bits per heavy atom. The highest BCUT2D eigenvalue weighted by molar-refractivity contribution is 6.30. The summed E-state index contributed by atoms with van der Waals surface area (Å²) in [4.78, 5) is 14.3. The molecule has 3 rings (SSSR count). The topological polar surface area (TPSA) is 29.5 Å². The Labute approximate surface area is 198 Å². The smallest absolute Gasteiger partial charge is 0.416 e. The van der Waals surface area contributed by atoms with E-state index in [1.165, 1.54) is 7.11 Å². The number of nitrogens with zero attached hydrogens (tertiary/aromatic N) is 1. The third-order valence-electron chi connectivity index (χ3n) is 6.54.